The van der Waals surface area contributed by atoms with Crippen molar-refractivity contribution in [3.05, 3.63) is 71.8 Å². The first kappa shape index (κ1) is 17.9. The zero-order valence-corrected chi connectivity index (χ0v) is 14.7. The topological polar surface area (TPSA) is 54.5 Å². The van der Waals surface area contributed by atoms with E-state index < -0.39 is 9.84 Å². The molecule has 0 heterocycles. The lowest BCUT2D eigenvalue weighted by molar-refractivity contribution is -0.114. The van der Waals surface area contributed by atoms with E-state index in [-0.39, 0.29) is 18.2 Å². The zero-order chi connectivity index (χ0) is 17.6. The smallest absolute Gasteiger partial charge is 0.251 e. The van der Waals surface area contributed by atoms with E-state index in [1.54, 1.807) is 18.2 Å². The van der Waals surface area contributed by atoms with E-state index in [0.29, 0.717) is 5.69 Å². The van der Waals surface area contributed by atoms with E-state index >= 15 is 0 Å². The van der Waals surface area contributed by atoms with E-state index in [4.69, 9.17) is 0 Å². The Labute approximate surface area is 143 Å². The molecule has 0 radical (unpaired) electrons. The van der Waals surface area contributed by atoms with Gasteiger partial charge in [0.2, 0.25) is 0 Å². The number of aryl methyl sites for hydroxylation is 1. The number of amides is 1. The molecule has 0 saturated heterocycles. The number of anilines is 1. The van der Waals surface area contributed by atoms with Crippen LogP contribution in [0, 0.1) is 6.92 Å². The summed E-state index contributed by atoms with van der Waals surface area (Å²) < 4.78 is 22.9. The van der Waals surface area contributed by atoms with E-state index in [9.17, 15) is 13.2 Å². The van der Waals surface area contributed by atoms with Gasteiger partial charge in [-0.3, -0.25) is 4.79 Å². The Kier molecular flexibility index (Phi) is 5.93. The first-order valence-electron chi connectivity index (χ1n) is 7.64. The minimum absolute atomic E-state index is 0.0774. The molecule has 0 aliphatic heterocycles. The summed E-state index contributed by atoms with van der Waals surface area (Å²) in [5.74, 6) is -0.322. The molecule has 0 aliphatic rings. The average Bonchev–Trinajstić information content (AvgIpc) is 2.54. The van der Waals surface area contributed by atoms with Crippen LogP contribution in [0.25, 0.3) is 6.08 Å². The highest BCUT2D eigenvalue weighted by molar-refractivity contribution is 7.90. The van der Waals surface area contributed by atoms with Gasteiger partial charge in [-0.15, -0.1) is 0 Å². The van der Waals surface area contributed by atoms with Crippen LogP contribution in [0.4, 0.5) is 5.69 Å². The highest BCUT2D eigenvalue weighted by Crippen LogP contribution is 2.15. The van der Waals surface area contributed by atoms with Gasteiger partial charge in [-0.2, -0.15) is 0 Å². The number of sulfone groups is 1. The predicted octanol–water partition coefficient (Wildman–Crippen LogP) is 3.09. The molecule has 0 bridgehead atoms. The number of benzene rings is 2. The fraction of sp³-hybridized carbons (Fsp3) is 0.211. The summed E-state index contributed by atoms with van der Waals surface area (Å²) in [4.78, 5) is 14.0. The molecule has 4 nitrogen and oxygen atoms in total. The maximum Gasteiger partial charge on any atom is 0.251 e. The van der Waals surface area contributed by atoms with Gasteiger partial charge in [-0.05, 0) is 30.7 Å². The van der Waals surface area contributed by atoms with E-state index in [2.05, 4.69) is 0 Å². The molecule has 0 atom stereocenters. The summed E-state index contributed by atoms with van der Waals surface area (Å²) in [5, 5.41) is 0. The molecule has 0 aliphatic carbocycles. The van der Waals surface area contributed by atoms with Gasteiger partial charge in [0.15, 0.2) is 0 Å². The second-order valence-corrected chi connectivity index (χ2v) is 7.96. The van der Waals surface area contributed by atoms with Gasteiger partial charge < -0.3 is 4.90 Å². The summed E-state index contributed by atoms with van der Waals surface area (Å²) in [7, 11) is -3.15. The number of carbonyl (C=O) groups excluding carboxylic acids is 1. The van der Waals surface area contributed by atoms with Crippen LogP contribution in [0.1, 0.15) is 11.1 Å². The first-order valence-corrected chi connectivity index (χ1v) is 9.70. The Morgan fingerprint density at radius 1 is 1.04 bits per heavy atom. The van der Waals surface area contributed by atoms with Gasteiger partial charge >= 0.3 is 0 Å². The second-order valence-electron chi connectivity index (χ2n) is 5.70. The third kappa shape index (κ3) is 5.66. The molecular formula is C19H21NO3S. The van der Waals surface area contributed by atoms with Crippen molar-refractivity contribution in [3.63, 3.8) is 0 Å². The van der Waals surface area contributed by atoms with E-state index in [1.807, 2.05) is 49.4 Å². The maximum atomic E-state index is 12.5. The molecule has 5 heteroatoms. The molecule has 2 rings (SSSR count). The standard InChI is InChI=1S/C19H21NO3S/c1-16-8-10-17(11-9-16)12-13-19(21)20(14-15-24(2,22)23)18-6-4-3-5-7-18/h3-13H,14-15H2,1-2H3/b13-12+. The number of hydrogen-bond acceptors (Lipinski definition) is 3. The highest BCUT2D eigenvalue weighted by atomic mass is 32.2. The Morgan fingerprint density at radius 3 is 2.25 bits per heavy atom. The SMILES string of the molecule is Cc1ccc(/C=C/C(=O)N(CCS(C)(=O)=O)c2ccccc2)cc1. The maximum absolute atomic E-state index is 12.5. The van der Waals surface area contributed by atoms with Gasteiger partial charge in [0.25, 0.3) is 5.91 Å². The number of nitrogens with zero attached hydrogens (tertiary/aromatic N) is 1. The van der Waals surface area contributed by atoms with Gasteiger partial charge in [-0.25, -0.2) is 8.42 Å². The highest BCUT2D eigenvalue weighted by Gasteiger charge is 2.15. The van der Waals surface area contributed by atoms with Crippen molar-refractivity contribution in [2.45, 2.75) is 6.92 Å². The molecule has 2 aromatic carbocycles. The second kappa shape index (κ2) is 7.93. The molecule has 0 N–H and O–H groups in total. The number of carbonyl (C=O) groups is 1. The van der Waals surface area contributed by atoms with Crippen LogP contribution in [0.3, 0.4) is 0 Å². The fourth-order valence-electron chi connectivity index (χ4n) is 2.17. The van der Waals surface area contributed by atoms with Crippen molar-refractivity contribution in [2.75, 3.05) is 23.5 Å². The number of rotatable bonds is 6. The lowest BCUT2D eigenvalue weighted by Crippen LogP contribution is -2.33. The molecule has 0 spiro atoms. The zero-order valence-electron chi connectivity index (χ0n) is 13.8. The van der Waals surface area contributed by atoms with Crippen LogP contribution in [-0.2, 0) is 14.6 Å². The Bertz CT molecular complexity index is 809. The molecular weight excluding hydrogens is 322 g/mol. The molecule has 1 amide bonds. The predicted molar refractivity (Wildman–Crippen MR) is 98.7 cm³/mol. The molecule has 0 saturated carbocycles. The minimum Gasteiger partial charge on any atom is -0.308 e. The third-order valence-electron chi connectivity index (χ3n) is 3.52. The lowest BCUT2D eigenvalue weighted by atomic mass is 10.1. The van der Waals surface area contributed by atoms with E-state index in [1.165, 1.54) is 17.2 Å². The largest absolute Gasteiger partial charge is 0.308 e. The van der Waals surface area contributed by atoms with Crippen molar-refractivity contribution in [1.82, 2.24) is 0 Å². The van der Waals surface area contributed by atoms with Crippen molar-refractivity contribution in [1.29, 1.82) is 0 Å². The quantitative estimate of drug-likeness (QED) is 0.758. The van der Waals surface area contributed by atoms with Crippen molar-refractivity contribution >= 4 is 27.5 Å². The van der Waals surface area contributed by atoms with Crippen molar-refractivity contribution in [2.24, 2.45) is 0 Å². The average molecular weight is 343 g/mol. The molecule has 24 heavy (non-hydrogen) atoms. The summed E-state index contributed by atoms with van der Waals surface area (Å²) >= 11 is 0. The number of para-hydroxylation sites is 1. The van der Waals surface area contributed by atoms with Crippen LogP contribution in [-0.4, -0.2) is 32.9 Å². The van der Waals surface area contributed by atoms with Crippen molar-refractivity contribution in [3.8, 4) is 0 Å². The molecule has 0 aromatic heterocycles. The lowest BCUT2D eigenvalue weighted by Gasteiger charge is -2.21. The summed E-state index contributed by atoms with van der Waals surface area (Å²) in [6, 6.07) is 16.9. The van der Waals surface area contributed by atoms with Crippen LogP contribution in [0.2, 0.25) is 0 Å². The molecule has 0 fully saturated rings. The minimum atomic E-state index is -3.15. The van der Waals surface area contributed by atoms with Gasteiger partial charge in [0.05, 0.1) is 5.75 Å². The summed E-state index contributed by atoms with van der Waals surface area (Å²) in [6.45, 7) is 2.13. The Hall–Kier alpha value is -2.40. The van der Waals surface area contributed by atoms with Gasteiger partial charge in [0.1, 0.15) is 9.84 Å². The van der Waals surface area contributed by atoms with Crippen molar-refractivity contribution < 1.29 is 13.2 Å². The Balaban J connectivity index is 2.19. The molecule has 0 unspecified atom stereocenters. The first-order chi connectivity index (χ1) is 11.3. The van der Waals surface area contributed by atoms with Gasteiger partial charge in [-0.1, -0.05) is 48.0 Å². The van der Waals surface area contributed by atoms with Crippen LogP contribution < -0.4 is 4.90 Å². The molecule has 126 valence electrons. The van der Waals surface area contributed by atoms with E-state index in [0.717, 1.165) is 11.1 Å². The number of hydrogen-bond donors (Lipinski definition) is 0. The van der Waals surface area contributed by atoms with Crippen LogP contribution in [0.15, 0.2) is 60.7 Å². The summed E-state index contributed by atoms with van der Waals surface area (Å²) in [6.07, 6.45) is 4.38. The Morgan fingerprint density at radius 2 is 1.67 bits per heavy atom. The normalized spacial score (nSPS) is 11.6. The van der Waals surface area contributed by atoms with Gasteiger partial charge in [0, 0.05) is 24.6 Å². The monoisotopic (exact) mass is 343 g/mol. The third-order valence-corrected chi connectivity index (χ3v) is 4.44. The fourth-order valence-corrected chi connectivity index (χ4v) is 2.68. The van der Waals surface area contributed by atoms with Crippen LogP contribution >= 0.6 is 0 Å². The summed E-state index contributed by atoms with van der Waals surface area (Å²) in [5.41, 5.74) is 2.75. The molecule has 2 aromatic rings. The van der Waals surface area contributed by atoms with Crippen LogP contribution in [0.5, 0.6) is 0 Å².